The molecule has 25 heavy (non-hydrogen) atoms. The maximum absolute atomic E-state index is 13.2. The van der Waals surface area contributed by atoms with Crippen LogP contribution in [0.25, 0.3) is 5.69 Å². The topological polar surface area (TPSA) is 77.3 Å². The summed E-state index contributed by atoms with van der Waals surface area (Å²) in [5.74, 6) is -0.943. The number of carbonyl (C=O) groups excluding carboxylic acids is 2. The predicted molar refractivity (Wildman–Crippen MR) is 89.3 cm³/mol. The van der Waals surface area contributed by atoms with Crippen LogP contribution in [-0.2, 0) is 11.3 Å². The van der Waals surface area contributed by atoms with Crippen molar-refractivity contribution in [3.63, 3.8) is 0 Å². The Morgan fingerprint density at radius 2 is 2.08 bits per heavy atom. The van der Waals surface area contributed by atoms with E-state index in [0.29, 0.717) is 11.4 Å². The molecule has 2 aromatic heterocycles. The number of fused-ring (bicyclic) bond motifs is 3. The summed E-state index contributed by atoms with van der Waals surface area (Å²) < 4.78 is 20.2. The van der Waals surface area contributed by atoms with Crippen LogP contribution in [-0.4, -0.2) is 44.0 Å². The van der Waals surface area contributed by atoms with Crippen LogP contribution in [0.1, 0.15) is 47.3 Å². The number of nitrogens with zero attached hydrogens (tertiary/aromatic N) is 4. The first-order valence-electron chi connectivity index (χ1n) is 7.56. The van der Waals surface area contributed by atoms with Crippen molar-refractivity contribution in [2.45, 2.75) is 37.9 Å². The molecule has 7 nitrogen and oxygen atoms in total. The molecule has 0 aromatic carbocycles. The Labute approximate surface area is 148 Å². The summed E-state index contributed by atoms with van der Waals surface area (Å²) in [6, 6.07) is 1.59. The van der Waals surface area contributed by atoms with Crippen molar-refractivity contribution >= 4 is 24.0 Å². The maximum atomic E-state index is 13.2. The smallest absolute Gasteiger partial charge is 0.359 e. The molecular weight excluding hydrogens is 347 g/mol. The molecule has 132 valence electrons. The number of ether oxygens (including phenoxy) is 1. The van der Waals surface area contributed by atoms with Crippen molar-refractivity contribution in [1.82, 2.24) is 19.4 Å². The second kappa shape index (κ2) is 6.14. The van der Waals surface area contributed by atoms with Crippen LogP contribution < -0.4 is 0 Å². The Kier molecular flexibility index (Phi) is 4.28. The van der Waals surface area contributed by atoms with Gasteiger partial charge < -0.3 is 9.64 Å². The molecule has 0 saturated heterocycles. The molecule has 1 aliphatic heterocycles. The highest BCUT2D eigenvalue weighted by molar-refractivity contribution is 7.94. The molecule has 9 heteroatoms. The van der Waals surface area contributed by atoms with Crippen LogP contribution in [0.5, 0.6) is 0 Å². The van der Waals surface area contributed by atoms with Gasteiger partial charge in [0.25, 0.3) is 5.91 Å². The normalized spacial score (nSPS) is 14.0. The fraction of sp³-hybridized carbons (Fsp3) is 0.375. The van der Waals surface area contributed by atoms with Gasteiger partial charge in [-0.3, -0.25) is 9.36 Å². The third-order valence-corrected chi connectivity index (χ3v) is 4.09. The molecule has 2 aromatic rings. The van der Waals surface area contributed by atoms with E-state index in [9.17, 15) is 13.5 Å². The maximum Gasteiger partial charge on any atom is 0.359 e. The van der Waals surface area contributed by atoms with Crippen molar-refractivity contribution in [3.05, 3.63) is 35.5 Å². The van der Waals surface area contributed by atoms with Gasteiger partial charge in [0, 0.05) is 13.2 Å². The summed E-state index contributed by atoms with van der Waals surface area (Å²) in [6.45, 7) is 5.43. The number of carbonyl (C=O) groups is 2. The van der Waals surface area contributed by atoms with Crippen LogP contribution >= 0.6 is 12.1 Å². The molecule has 0 saturated carbocycles. The van der Waals surface area contributed by atoms with Crippen LogP contribution in [0, 0.1) is 0 Å². The van der Waals surface area contributed by atoms with Crippen molar-refractivity contribution in [3.8, 4) is 5.69 Å². The first kappa shape index (κ1) is 17.4. The second-order valence-electron chi connectivity index (χ2n) is 6.66. The highest BCUT2D eigenvalue weighted by Crippen LogP contribution is 2.32. The number of amides is 1. The lowest BCUT2D eigenvalue weighted by Crippen LogP contribution is -2.28. The van der Waals surface area contributed by atoms with Crippen LogP contribution in [0.3, 0.4) is 0 Å². The SMILES string of the molecule is CN1Cc2c(C(=O)OC(C)(C)C)ncn2-c2ccnc(SF)c2C1=O. The molecule has 0 spiro atoms. The van der Waals surface area contributed by atoms with Gasteiger partial charge in [-0.15, -0.1) is 0 Å². The van der Waals surface area contributed by atoms with Crippen LogP contribution in [0.4, 0.5) is 3.89 Å². The minimum absolute atomic E-state index is 0.0188. The Hall–Kier alpha value is -2.42. The van der Waals surface area contributed by atoms with E-state index in [1.807, 2.05) is 0 Å². The summed E-state index contributed by atoms with van der Waals surface area (Å²) in [7, 11) is 1.58. The van der Waals surface area contributed by atoms with E-state index in [0.717, 1.165) is 0 Å². The minimum atomic E-state index is -0.667. The lowest BCUT2D eigenvalue weighted by Gasteiger charge is -2.19. The number of esters is 1. The minimum Gasteiger partial charge on any atom is -0.455 e. The van der Waals surface area contributed by atoms with Crippen molar-refractivity contribution in [2.24, 2.45) is 0 Å². The van der Waals surface area contributed by atoms with Crippen molar-refractivity contribution in [2.75, 3.05) is 7.05 Å². The molecule has 0 atom stereocenters. The third-order valence-electron chi connectivity index (χ3n) is 3.63. The Bertz CT molecular complexity index is 860. The molecular formula is C16H17FN4O3S. The van der Waals surface area contributed by atoms with Gasteiger partial charge in [-0.05, 0) is 26.8 Å². The number of pyridine rings is 1. The summed E-state index contributed by atoms with van der Waals surface area (Å²) in [6.07, 6.45) is 2.85. The second-order valence-corrected chi connectivity index (χ2v) is 7.20. The number of hydrogen-bond acceptors (Lipinski definition) is 6. The first-order valence-corrected chi connectivity index (χ1v) is 8.27. The average molecular weight is 364 g/mol. The number of hydrogen-bond donors (Lipinski definition) is 0. The van der Waals surface area contributed by atoms with E-state index in [-0.39, 0.29) is 40.9 Å². The van der Waals surface area contributed by atoms with Gasteiger partial charge >= 0.3 is 5.97 Å². The van der Waals surface area contributed by atoms with Crippen LogP contribution in [0.2, 0.25) is 0 Å². The van der Waals surface area contributed by atoms with Gasteiger partial charge in [0.1, 0.15) is 29.1 Å². The summed E-state index contributed by atoms with van der Waals surface area (Å²) in [5, 5.41) is -0.0188. The monoisotopic (exact) mass is 364 g/mol. The van der Waals surface area contributed by atoms with Crippen LogP contribution in [0.15, 0.2) is 23.6 Å². The van der Waals surface area contributed by atoms with Gasteiger partial charge in [0.05, 0.1) is 23.5 Å². The fourth-order valence-corrected chi connectivity index (χ4v) is 2.98. The molecule has 1 amide bonds. The largest absolute Gasteiger partial charge is 0.455 e. The average Bonchev–Trinajstić information content (AvgIpc) is 2.91. The predicted octanol–water partition coefficient (Wildman–Crippen LogP) is 2.78. The Morgan fingerprint density at radius 1 is 1.36 bits per heavy atom. The molecule has 0 radical (unpaired) electrons. The highest BCUT2D eigenvalue weighted by Gasteiger charge is 2.32. The lowest BCUT2D eigenvalue weighted by atomic mass is 10.2. The number of halogens is 1. The molecule has 0 aliphatic carbocycles. The van der Waals surface area contributed by atoms with Gasteiger partial charge in [-0.1, -0.05) is 0 Å². The Balaban J connectivity index is 2.17. The van der Waals surface area contributed by atoms with E-state index >= 15 is 0 Å². The third kappa shape index (κ3) is 3.11. The fourth-order valence-electron chi connectivity index (χ4n) is 2.61. The molecule has 1 aliphatic rings. The van der Waals surface area contributed by atoms with Gasteiger partial charge in [-0.2, -0.15) is 3.89 Å². The molecule has 0 fully saturated rings. The van der Waals surface area contributed by atoms with E-state index in [2.05, 4.69) is 9.97 Å². The van der Waals surface area contributed by atoms with E-state index < -0.39 is 11.6 Å². The molecule has 0 unspecified atom stereocenters. The molecule has 3 heterocycles. The standard InChI is InChI=1S/C16H17FN4O3S/c1-16(2,3)24-15(23)12-10-7-20(4)14(22)11-9(21(10)8-19-12)5-6-18-13(11)25-17/h5-6,8H,7H2,1-4H3. The van der Waals surface area contributed by atoms with Crippen molar-refractivity contribution in [1.29, 1.82) is 0 Å². The van der Waals surface area contributed by atoms with E-state index in [1.54, 1.807) is 38.5 Å². The van der Waals surface area contributed by atoms with Gasteiger partial charge in [0.15, 0.2) is 5.69 Å². The summed E-state index contributed by atoms with van der Waals surface area (Å²) in [5.41, 5.74) is 0.546. The zero-order valence-corrected chi connectivity index (χ0v) is 15.1. The number of aromatic nitrogens is 3. The number of imidazole rings is 1. The van der Waals surface area contributed by atoms with Gasteiger partial charge in [-0.25, -0.2) is 14.8 Å². The molecule has 0 bridgehead atoms. The van der Waals surface area contributed by atoms with Crippen molar-refractivity contribution < 1.29 is 18.2 Å². The van der Waals surface area contributed by atoms with E-state index in [4.69, 9.17) is 4.74 Å². The zero-order chi connectivity index (χ0) is 18.4. The molecule has 3 rings (SSSR count). The highest BCUT2D eigenvalue weighted by atomic mass is 32.2. The summed E-state index contributed by atoms with van der Waals surface area (Å²) >= 11 is -0.0899. The van der Waals surface area contributed by atoms with E-state index in [1.165, 1.54) is 17.4 Å². The molecule has 0 N–H and O–H groups in total. The quantitative estimate of drug-likeness (QED) is 0.763. The summed E-state index contributed by atoms with van der Waals surface area (Å²) in [4.78, 5) is 34.6. The lowest BCUT2D eigenvalue weighted by molar-refractivity contribution is 0.00608. The first-order chi connectivity index (χ1) is 11.7. The van der Waals surface area contributed by atoms with Gasteiger partial charge in [0.2, 0.25) is 0 Å². The zero-order valence-electron chi connectivity index (χ0n) is 14.2. The number of rotatable bonds is 2. The Morgan fingerprint density at radius 3 is 2.72 bits per heavy atom.